The smallest absolute Gasteiger partial charge is 0.305 e. The van der Waals surface area contributed by atoms with Crippen molar-refractivity contribution >= 4 is 32.8 Å². The quantitative estimate of drug-likeness (QED) is 0.913. The fourth-order valence-corrected chi connectivity index (χ4v) is 3.39. The van der Waals surface area contributed by atoms with E-state index in [9.17, 15) is 4.79 Å². The first kappa shape index (κ1) is 12.7. The van der Waals surface area contributed by atoms with Crippen LogP contribution in [0.3, 0.4) is 0 Å². The summed E-state index contributed by atoms with van der Waals surface area (Å²) in [7, 11) is 0. The molecular formula is C14H15BrN2O2. The predicted molar refractivity (Wildman–Crippen MR) is 77.1 cm³/mol. The van der Waals surface area contributed by atoms with Crippen molar-refractivity contribution < 1.29 is 9.90 Å². The lowest BCUT2D eigenvalue weighted by atomic mass is 9.96. The van der Waals surface area contributed by atoms with E-state index in [0.717, 1.165) is 34.8 Å². The van der Waals surface area contributed by atoms with Crippen LogP contribution in [0.1, 0.15) is 30.0 Å². The molecule has 19 heavy (non-hydrogen) atoms. The molecule has 1 unspecified atom stereocenters. The number of hydrogen-bond acceptors (Lipinski definition) is 2. The highest BCUT2D eigenvalue weighted by Crippen LogP contribution is 2.35. The van der Waals surface area contributed by atoms with Crippen LogP contribution in [-0.4, -0.2) is 15.6 Å². The summed E-state index contributed by atoms with van der Waals surface area (Å²) >= 11 is 3.58. The number of nitrogens with zero attached hydrogens (tertiary/aromatic N) is 1. The van der Waals surface area contributed by atoms with E-state index in [-0.39, 0.29) is 6.42 Å². The Hall–Kier alpha value is -1.33. The molecular weight excluding hydrogens is 308 g/mol. The van der Waals surface area contributed by atoms with Crippen molar-refractivity contribution in [1.29, 1.82) is 0 Å². The number of rotatable bonds is 3. The minimum atomic E-state index is -0.863. The van der Waals surface area contributed by atoms with E-state index in [2.05, 4.69) is 32.8 Å². The predicted octanol–water partition coefficient (Wildman–Crippen LogP) is 2.82. The molecule has 0 saturated heterocycles. The number of aromatic nitrogens is 1. The van der Waals surface area contributed by atoms with Crippen LogP contribution < -0.4 is 5.73 Å². The molecule has 0 aliphatic carbocycles. The maximum atomic E-state index is 10.8. The third kappa shape index (κ3) is 2.17. The van der Waals surface area contributed by atoms with Gasteiger partial charge in [0.2, 0.25) is 0 Å². The molecule has 2 heterocycles. The molecule has 0 saturated carbocycles. The first-order valence-corrected chi connectivity index (χ1v) is 7.14. The lowest BCUT2D eigenvalue weighted by Gasteiger charge is -2.18. The molecule has 2 aromatic rings. The maximum Gasteiger partial charge on any atom is 0.305 e. The van der Waals surface area contributed by atoms with Gasteiger partial charge in [-0.25, -0.2) is 0 Å². The van der Waals surface area contributed by atoms with E-state index in [0.29, 0.717) is 0 Å². The van der Waals surface area contributed by atoms with Crippen LogP contribution in [0.5, 0.6) is 0 Å². The van der Waals surface area contributed by atoms with Gasteiger partial charge in [0.1, 0.15) is 0 Å². The molecule has 1 aromatic carbocycles. The largest absolute Gasteiger partial charge is 0.481 e. The van der Waals surface area contributed by atoms with Gasteiger partial charge >= 0.3 is 5.97 Å². The highest BCUT2D eigenvalue weighted by molar-refractivity contribution is 9.10. The highest BCUT2D eigenvalue weighted by atomic mass is 79.9. The van der Waals surface area contributed by atoms with Crippen LogP contribution in [0, 0.1) is 0 Å². The van der Waals surface area contributed by atoms with Crippen molar-refractivity contribution in [2.75, 3.05) is 0 Å². The second-order valence-electron chi connectivity index (χ2n) is 5.05. The molecule has 0 fully saturated rings. The monoisotopic (exact) mass is 322 g/mol. The molecule has 4 nitrogen and oxygen atoms in total. The summed E-state index contributed by atoms with van der Waals surface area (Å²) in [6.07, 6.45) is 4.20. The summed E-state index contributed by atoms with van der Waals surface area (Å²) in [4.78, 5) is 10.8. The summed E-state index contributed by atoms with van der Waals surface area (Å²) in [6, 6.07) is 3.63. The van der Waals surface area contributed by atoms with Crippen molar-refractivity contribution in [1.82, 2.24) is 4.57 Å². The van der Waals surface area contributed by atoms with E-state index in [1.54, 1.807) is 0 Å². The van der Waals surface area contributed by atoms with Crippen LogP contribution in [0.2, 0.25) is 0 Å². The van der Waals surface area contributed by atoms with Crippen molar-refractivity contribution in [3.8, 4) is 0 Å². The fraction of sp³-hybridized carbons (Fsp3) is 0.357. The van der Waals surface area contributed by atoms with E-state index in [1.165, 1.54) is 11.1 Å². The Balaban J connectivity index is 2.13. The average Bonchev–Trinajstić information content (AvgIpc) is 2.67. The zero-order chi connectivity index (χ0) is 13.6. The second kappa shape index (κ2) is 4.65. The van der Waals surface area contributed by atoms with Crippen molar-refractivity contribution in [3.05, 3.63) is 33.9 Å². The van der Waals surface area contributed by atoms with E-state index >= 15 is 0 Å². The summed E-state index contributed by atoms with van der Waals surface area (Å²) in [5.41, 5.74) is 9.41. The van der Waals surface area contributed by atoms with Gasteiger partial charge in [0.25, 0.3) is 0 Å². The molecule has 3 rings (SSSR count). The van der Waals surface area contributed by atoms with Crippen molar-refractivity contribution in [2.45, 2.75) is 31.8 Å². The number of aryl methyl sites for hydroxylation is 2. The van der Waals surface area contributed by atoms with Gasteiger partial charge in [-0.15, -0.1) is 0 Å². The van der Waals surface area contributed by atoms with Crippen molar-refractivity contribution in [2.24, 2.45) is 5.73 Å². The summed E-state index contributed by atoms with van der Waals surface area (Å²) < 4.78 is 3.31. The van der Waals surface area contributed by atoms with Gasteiger partial charge in [0, 0.05) is 28.6 Å². The zero-order valence-corrected chi connectivity index (χ0v) is 12.0. The first-order chi connectivity index (χ1) is 9.06. The highest BCUT2D eigenvalue weighted by Gasteiger charge is 2.19. The number of nitrogens with two attached hydrogens (primary N) is 1. The van der Waals surface area contributed by atoms with Gasteiger partial charge in [-0.1, -0.05) is 6.07 Å². The fourth-order valence-electron chi connectivity index (χ4n) is 2.84. The molecule has 0 amide bonds. The minimum absolute atomic E-state index is 0.0384. The number of hydrogen-bond donors (Lipinski definition) is 2. The Morgan fingerprint density at radius 1 is 1.53 bits per heavy atom. The van der Waals surface area contributed by atoms with E-state index < -0.39 is 12.0 Å². The zero-order valence-electron chi connectivity index (χ0n) is 10.4. The summed E-state index contributed by atoms with van der Waals surface area (Å²) in [5.74, 6) is -0.863. The lowest BCUT2D eigenvalue weighted by Crippen LogP contribution is -2.16. The number of carbonyl (C=O) groups is 1. The topological polar surface area (TPSA) is 68.2 Å². The van der Waals surface area contributed by atoms with Gasteiger partial charge in [-0.05, 0) is 46.0 Å². The number of benzene rings is 1. The third-order valence-electron chi connectivity index (χ3n) is 3.69. The normalized spacial score (nSPS) is 15.7. The van der Waals surface area contributed by atoms with Crippen LogP contribution in [0.25, 0.3) is 10.9 Å². The summed E-state index contributed by atoms with van der Waals surface area (Å²) in [6.45, 7) is 1.04. The SMILES string of the molecule is NC(CC(=O)O)c1cc2c3c(c1)c(Br)cn3CCC2. The molecule has 100 valence electrons. The van der Waals surface area contributed by atoms with Crippen LogP contribution in [0.4, 0.5) is 0 Å². The Kier molecular flexibility index (Phi) is 3.11. The summed E-state index contributed by atoms with van der Waals surface area (Å²) in [5, 5.41) is 9.99. The van der Waals surface area contributed by atoms with Crippen LogP contribution in [-0.2, 0) is 17.8 Å². The Bertz CT molecular complexity index is 663. The van der Waals surface area contributed by atoms with Gasteiger partial charge in [0.05, 0.1) is 11.9 Å². The number of halogens is 1. The van der Waals surface area contributed by atoms with Crippen molar-refractivity contribution in [3.63, 3.8) is 0 Å². The standard InChI is InChI=1S/C14H15BrN2O2/c15-11-7-17-3-1-2-8-4-9(5-10(11)14(8)17)12(16)6-13(18)19/h4-5,7,12H,1-3,6,16H2,(H,18,19). The van der Waals surface area contributed by atoms with E-state index in [1.807, 2.05) is 6.07 Å². The molecule has 1 aliphatic rings. The van der Waals surface area contributed by atoms with Gasteiger partial charge in [-0.2, -0.15) is 0 Å². The lowest BCUT2D eigenvalue weighted by molar-refractivity contribution is -0.137. The molecule has 0 bridgehead atoms. The molecule has 3 N–H and O–H groups in total. The van der Waals surface area contributed by atoms with Crippen LogP contribution in [0.15, 0.2) is 22.8 Å². The minimum Gasteiger partial charge on any atom is -0.481 e. The molecule has 0 radical (unpaired) electrons. The van der Waals surface area contributed by atoms with Crippen LogP contribution >= 0.6 is 15.9 Å². The first-order valence-electron chi connectivity index (χ1n) is 6.35. The van der Waals surface area contributed by atoms with Gasteiger partial charge in [-0.3, -0.25) is 4.79 Å². The van der Waals surface area contributed by atoms with E-state index in [4.69, 9.17) is 10.8 Å². The molecule has 1 aliphatic heterocycles. The Morgan fingerprint density at radius 3 is 3.05 bits per heavy atom. The maximum absolute atomic E-state index is 10.8. The molecule has 0 spiro atoms. The molecule has 5 heteroatoms. The average molecular weight is 323 g/mol. The third-order valence-corrected chi connectivity index (χ3v) is 4.32. The molecule has 1 aromatic heterocycles. The van der Waals surface area contributed by atoms with Gasteiger partial charge < -0.3 is 15.4 Å². The number of aliphatic carboxylic acids is 1. The number of carboxylic acid groups (broad SMARTS) is 1. The Labute approximate surface area is 119 Å². The Morgan fingerprint density at radius 2 is 2.32 bits per heavy atom. The number of carboxylic acids is 1. The van der Waals surface area contributed by atoms with Gasteiger partial charge in [0.15, 0.2) is 0 Å². The molecule has 1 atom stereocenters. The second-order valence-corrected chi connectivity index (χ2v) is 5.91.